The van der Waals surface area contributed by atoms with Gasteiger partial charge in [0, 0.05) is 0 Å². The molecular formula is C10H11N3OS. The maximum Gasteiger partial charge on any atom is 0.188 e. The van der Waals surface area contributed by atoms with Gasteiger partial charge in [0.1, 0.15) is 6.61 Å². The molecule has 1 N–H and O–H groups in total. The summed E-state index contributed by atoms with van der Waals surface area (Å²) in [5.74, 6) is 0.531. The van der Waals surface area contributed by atoms with Crippen LogP contribution in [0, 0.1) is 0 Å². The number of rotatable bonds is 3. The predicted octanol–water partition coefficient (Wildman–Crippen LogP) is 1.11. The van der Waals surface area contributed by atoms with E-state index in [1.165, 1.54) is 0 Å². The van der Waals surface area contributed by atoms with Crippen molar-refractivity contribution in [2.24, 2.45) is 0 Å². The Bertz CT molecular complexity index is 441. The molecule has 0 fully saturated rings. The van der Waals surface area contributed by atoms with Gasteiger partial charge >= 0.3 is 0 Å². The minimum Gasteiger partial charge on any atom is -0.388 e. The van der Waals surface area contributed by atoms with Crippen LogP contribution in [0.4, 0.5) is 0 Å². The molecule has 0 atom stereocenters. The number of nitrogens with zero attached hydrogens (tertiary/aromatic N) is 3. The minimum atomic E-state index is -0.125. The Morgan fingerprint density at radius 1 is 1.20 bits per heavy atom. The van der Waals surface area contributed by atoms with E-state index in [-0.39, 0.29) is 6.61 Å². The van der Waals surface area contributed by atoms with Gasteiger partial charge < -0.3 is 5.11 Å². The van der Waals surface area contributed by atoms with Gasteiger partial charge in [0.25, 0.3) is 0 Å². The maximum absolute atomic E-state index is 9.05. The van der Waals surface area contributed by atoms with Crippen molar-refractivity contribution in [3.8, 4) is 0 Å². The van der Waals surface area contributed by atoms with Crippen molar-refractivity contribution in [2.45, 2.75) is 18.3 Å². The van der Waals surface area contributed by atoms with Crippen LogP contribution in [0.5, 0.6) is 0 Å². The fourth-order valence-corrected chi connectivity index (χ4v) is 1.60. The second kappa shape index (κ2) is 4.46. The topological polar surface area (TPSA) is 50.9 Å². The predicted molar refractivity (Wildman–Crippen MR) is 58.7 cm³/mol. The first-order valence-electron chi connectivity index (χ1n) is 4.57. The number of hydrogen-bond acceptors (Lipinski definition) is 4. The zero-order valence-corrected chi connectivity index (χ0v) is 8.93. The van der Waals surface area contributed by atoms with E-state index in [0.29, 0.717) is 17.5 Å². The molecular weight excluding hydrogens is 210 g/mol. The van der Waals surface area contributed by atoms with Gasteiger partial charge in [-0.05, 0) is 5.56 Å². The number of aliphatic hydroxyl groups excluding tert-OH is 1. The molecule has 0 saturated heterocycles. The van der Waals surface area contributed by atoms with E-state index in [9.17, 15) is 0 Å². The molecule has 0 unspecified atom stereocenters. The molecule has 4 nitrogen and oxygen atoms in total. The molecule has 2 rings (SSSR count). The summed E-state index contributed by atoms with van der Waals surface area (Å²) in [5.41, 5.74) is 1.13. The Hall–Kier alpha value is -1.33. The van der Waals surface area contributed by atoms with E-state index in [4.69, 9.17) is 5.11 Å². The van der Waals surface area contributed by atoms with Crippen LogP contribution >= 0.6 is 12.6 Å². The maximum atomic E-state index is 9.05. The average Bonchev–Trinajstić information content (AvgIpc) is 2.62. The standard InChI is InChI=1S/C10H11N3OS/c14-7-9-11-12-10(15)13(9)6-8-4-2-1-3-5-8/h1-5,14H,6-7H2,(H,12,15). The third kappa shape index (κ3) is 2.19. The molecule has 0 radical (unpaired) electrons. The zero-order valence-electron chi connectivity index (χ0n) is 8.04. The average molecular weight is 221 g/mol. The lowest BCUT2D eigenvalue weighted by Crippen LogP contribution is -2.05. The smallest absolute Gasteiger partial charge is 0.188 e. The third-order valence-corrected chi connectivity index (χ3v) is 2.46. The lowest BCUT2D eigenvalue weighted by atomic mass is 10.2. The first-order valence-corrected chi connectivity index (χ1v) is 5.02. The third-order valence-electron chi connectivity index (χ3n) is 2.13. The number of benzene rings is 1. The Morgan fingerprint density at radius 3 is 2.60 bits per heavy atom. The van der Waals surface area contributed by atoms with Gasteiger partial charge in [0.05, 0.1) is 6.54 Å². The molecule has 0 bridgehead atoms. The van der Waals surface area contributed by atoms with E-state index in [1.807, 2.05) is 30.3 Å². The molecule has 0 saturated carbocycles. The Labute approximate surface area is 93.0 Å². The van der Waals surface area contributed by atoms with E-state index in [0.717, 1.165) is 5.56 Å². The molecule has 0 spiro atoms. The van der Waals surface area contributed by atoms with Crippen molar-refractivity contribution in [3.05, 3.63) is 41.7 Å². The molecule has 1 aromatic heterocycles. The molecule has 0 aliphatic rings. The summed E-state index contributed by atoms with van der Waals surface area (Å²) in [6.07, 6.45) is 0. The van der Waals surface area contributed by atoms with Crippen LogP contribution in [0.2, 0.25) is 0 Å². The number of hydrogen-bond donors (Lipinski definition) is 2. The molecule has 0 amide bonds. The summed E-state index contributed by atoms with van der Waals surface area (Å²) in [4.78, 5) is 0. The highest BCUT2D eigenvalue weighted by Gasteiger charge is 2.07. The summed E-state index contributed by atoms with van der Waals surface area (Å²) >= 11 is 4.18. The molecule has 1 heterocycles. The van der Waals surface area contributed by atoms with Crippen molar-refractivity contribution in [3.63, 3.8) is 0 Å². The fraction of sp³-hybridized carbons (Fsp3) is 0.200. The normalized spacial score (nSPS) is 10.5. The van der Waals surface area contributed by atoms with Crippen molar-refractivity contribution in [1.29, 1.82) is 0 Å². The first-order chi connectivity index (χ1) is 7.31. The molecule has 1 aromatic carbocycles. The highest BCUT2D eigenvalue weighted by atomic mass is 32.1. The van der Waals surface area contributed by atoms with Gasteiger partial charge in [-0.15, -0.1) is 22.8 Å². The van der Waals surface area contributed by atoms with Crippen LogP contribution in [0.1, 0.15) is 11.4 Å². The zero-order chi connectivity index (χ0) is 10.7. The summed E-state index contributed by atoms with van der Waals surface area (Å²) < 4.78 is 1.78. The van der Waals surface area contributed by atoms with E-state index in [2.05, 4.69) is 22.8 Å². The van der Waals surface area contributed by atoms with Crippen molar-refractivity contribution in [2.75, 3.05) is 0 Å². The summed E-state index contributed by atoms with van der Waals surface area (Å²) in [7, 11) is 0. The Kier molecular flexibility index (Phi) is 3.03. The highest BCUT2D eigenvalue weighted by molar-refractivity contribution is 7.80. The van der Waals surface area contributed by atoms with Crippen molar-refractivity contribution in [1.82, 2.24) is 14.8 Å². The number of aromatic nitrogens is 3. The van der Waals surface area contributed by atoms with Gasteiger partial charge in [-0.1, -0.05) is 30.3 Å². The molecule has 2 aromatic rings. The van der Waals surface area contributed by atoms with Gasteiger partial charge in [0.15, 0.2) is 11.0 Å². The van der Waals surface area contributed by atoms with E-state index < -0.39 is 0 Å². The minimum absolute atomic E-state index is 0.125. The van der Waals surface area contributed by atoms with Gasteiger partial charge in [-0.25, -0.2) is 0 Å². The lowest BCUT2D eigenvalue weighted by molar-refractivity contribution is 0.264. The van der Waals surface area contributed by atoms with Crippen LogP contribution < -0.4 is 0 Å². The van der Waals surface area contributed by atoms with Crippen LogP contribution in [0.15, 0.2) is 35.5 Å². The number of aliphatic hydroxyl groups is 1. The molecule has 0 aliphatic carbocycles. The van der Waals surface area contributed by atoms with Crippen molar-refractivity contribution < 1.29 is 5.11 Å². The Balaban J connectivity index is 2.27. The van der Waals surface area contributed by atoms with E-state index in [1.54, 1.807) is 4.57 Å². The SMILES string of the molecule is OCc1nnc(S)n1Cc1ccccc1. The van der Waals surface area contributed by atoms with Crippen LogP contribution in [0.25, 0.3) is 0 Å². The largest absolute Gasteiger partial charge is 0.388 e. The monoisotopic (exact) mass is 221 g/mol. The van der Waals surface area contributed by atoms with Gasteiger partial charge in [-0.2, -0.15) is 0 Å². The molecule has 5 heteroatoms. The molecule has 78 valence electrons. The van der Waals surface area contributed by atoms with Crippen molar-refractivity contribution >= 4 is 12.6 Å². The van der Waals surface area contributed by atoms with Crippen LogP contribution in [-0.2, 0) is 13.2 Å². The van der Waals surface area contributed by atoms with Crippen LogP contribution in [0.3, 0.4) is 0 Å². The lowest BCUT2D eigenvalue weighted by Gasteiger charge is -2.06. The highest BCUT2D eigenvalue weighted by Crippen LogP contribution is 2.10. The summed E-state index contributed by atoms with van der Waals surface area (Å²) in [6, 6.07) is 9.92. The fourth-order valence-electron chi connectivity index (χ4n) is 1.37. The summed E-state index contributed by atoms with van der Waals surface area (Å²) in [5, 5.41) is 17.2. The van der Waals surface area contributed by atoms with E-state index >= 15 is 0 Å². The summed E-state index contributed by atoms with van der Waals surface area (Å²) in [6.45, 7) is 0.503. The Morgan fingerprint density at radius 2 is 1.93 bits per heavy atom. The van der Waals surface area contributed by atoms with Gasteiger partial charge in [0.2, 0.25) is 0 Å². The number of thiol groups is 1. The van der Waals surface area contributed by atoms with Gasteiger partial charge in [-0.3, -0.25) is 4.57 Å². The van der Waals surface area contributed by atoms with Crippen LogP contribution in [-0.4, -0.2) is 19.9 Å². The second-order valence-electron chi connectivity index (χ2n) is 3.15. The molecule has 0 aliphatic heterocycles. The molecule has 15 heavy (non-hydrogen) atoms. The first kappa shape index (κ1) is 10.2. The second-order valence-corrected chi connectivity index (χ2v) is 3.55. The quantitative estimate of drug-likeness (QED) is 0.763.